The molecule has 0 radical (unpaired) electrons. The normalized spacial score (nSPS) is 10.4. The van der Waals surface area contributed by atoms with Crippen LogP contribution >= 0.6 is 0 Å². The van der Waals surface area contributed by atoms with Crippen molar-refractivity contribution < 1.29 is 18.7 Å². The van der Waals surface area contributed by atoms with Crippen molar-refractivity contribution in [1.29, 1.82) is 0 Å². The number of aromatic nitrogens is 2. The van der Waals surface area contributed by atoms with Gasteiger partial charge < -0.3 is 9.15 Å². The quantitative estimate of drug-likeness (QED) is 0.483. The summed E-state index contributed by atoms with van der Waals surface area (Å²) in [4.78, 5) is 24.5. The van der Waals surface area contributed by atoms with E-state index in [4.69, 9.17) is 9.15 Å². The Morgan fingerprint density at radius 1 is 0.900 bits per heavy atom. The van der Waals surface area contributed by atoms with Gasteiger partial charge in [-0.3, -0.25) is 20.4 Å². The number of hydrazine groups is 1. The summed E-state index contributed by atoms with van der Waals surface area (Å²) in [5.41, 5.74) is 5.79. The average molecular weight is 402 g/mol. The highest BCUT2D eigenvalue weighted by molar-refractivity contribution is 5.97. The minimum atomic E-state index is -0.579. The molecule has 0 atom stereocenters. The Hall–Kier alpha value is -4.33. The molecule has 0 fully saturated rings. The monoisotopic (exact) mass is 402 g/mol. The molecular formula is C22H18N4O4. The summed E-state index contributed by atoms with van der Waals surface area (Å²) in [7, 11) is 0. The van der Waals surface area contributed by atoms with Crippen molar-refractivity contribution in [2.75, 3.05) is 0 Å². The average Bonchev–Trinajstić information content (AvgIpc) is 3.47. The molecule has 0 aliphatic carbocycles. The third kappa shape index (κ3) is 4.56. The molecule has 2 aromatic carbocycles. The number of hydrogen-bond acceptors (Lipinski definition) is 5. The molecule has 0 aliphatic rings. The molecule has 4 rings (SSSR count). The van der Waals surface area contributed by atoms with Crippen LogP contribution in [0, 0.1) is 0 Å². The molecule has 0 saturated carbocycles. The third-order valence-electron chi connectivity index (χ3n) is 4.16. The molecule has 8 heteroatoms. The SMILES string of the molecule is O=C(NNC(=O)c1ccc(COc2ccccc2)o1)c1cnn(-c2ccccc2)c1. The number of para-hydroxylation sites is 2. The van der Waals surface area contributed by atoms with E-state index in [0.717, 1.165) is 5.69 Å². The maximum absolute atomic E-state index is 12.3. The standard InChI is InChI=1S/C22H18N4O4/c27-21(16-13-23-26(14-16)17-7-3-1-4-8-17)24-25-22(28)20-12-11-19(30-20)15-29-18-9-5-2-6-10-18/h1-14H,15H2,(H,24,27)(H,25,28). The van der Waals surface area contributed by atoms with Crippen LogP contribution in [0.1, 0.15) is 26.7 Å². The highest BCUT2D eigenvalue weighted by Gasteiger charge is 2.14. The van der Waals surface area contributed by atoms with Gasteiger partial charge >= 0.3 is 5.91 Å². The number of benzene rings is 2. The maximum atomic E-state index is 12.3. The van der Waals surface area contributed by atoms with E-state index in [9.17, 15) is 9.59 Å². The lowest BCUT2D eigenvalue weighted by atomic mass is 10.3. The van der Waals surface area contributed by atoms with Crippen molar-refractivity contribution in [1.82, 2.24) is 20.6 Å². The molecule has 0 saturated heterocycles. The van der Waals surface area contributed by atoms with Crippen LogP contribution < -0.4 is 15.6 Å². The van der Waals surface area contributed by atoms with Crippen molar-refractivity contribution in [2.45, 2.75) is 6.61 Å². The molecule has 2 heterocycles. The number of carbonyl (C=O) groups is 2. The molecule has 30 heavy (non-hydrogen) atoms. The van der Waals surface area contributed by atoms with E-state index in [0.29, 0.717) is 17.1 Å². The predicted molar refractivity (Wildman–Crippen MR) is 108 cm³/mol. The molecule has 0 spiro atoms. The Morgan fingerprint density at radius 3 is 2.37 bits per heavy atom. The number of amides is 2. The highest BCUT2D eigenvalue weighted by atomic mass is 16.5. The first-order valence-electron chi connectivity index (χ1n) is 9.16. The van der Waals surface area contributed by atoms with E-state index in [-0.39, 0.29) is 12.4 Å². The molecular weight excluding hydrogens is 384 g/mol. The Balaban J connectivity index is 1.30. The van der Waals surface area contributed by atoms with Gasteiger partial charge in [-0.1, -0.05) is 36.4 Å². The Morgan fingerprint density at radius 2 is 1.60 bits per heavy atom. The van der Waals surface area contributed by atoms with Gasteiger partial charge in [-0.15, -0.1) is 0 Å². The van der Waals surface area contributed by atoms with Gasteiger partial charge in [0.05, 0.1) is 17.4 Å². The van der Waals surface area contributed by atoms with Crippen LogP contribution in [0.15, 0.2) is 89.6 Å². The minimum Gasteiger partial charge on any atom is -0.486 e. The zero-order valence-corrected chi connectivity index (χ0v) is 15.8. The first kappa shape index (κ1) is 19.0. The molecule has 0 bridgehead atoms. The second kappa shape index (κ2) is 8.78. The van der Waals surface area contributed by atoms with Crippen molar-refractivity contribution in [3.63, 3.8) is 0 Å². The molecule has 2 amide bonds. The van der Waals surface area contributed by atoms with Crippen molar-refractivity contribution in [3.05, 3.63) is 102 Å². The molecule has 0 aliphatic heterocycles. The number of hydrogen-bond donors (Lipinski definition) is 2. The number of ether oxygens (including phenoxy) is 1. The Labute approximate surface area is 172 Å². The summed E-state index contributed by atoms with van der Waals surface area (Å²) in [6, 6.07) is 21.8. The van der Waals surface area contributed by atoms with Crippen molar-refractivity contribution in [3.8, 4) is 11.4 Å². The summed E-state index contributed by atoms with van der Waals surface area (Å²) < 4.78 is 12.6. The summed E-state index contributed by atoms with van der Waals surface area (Å²) in [5.74, 6) is 0.166. The van der Waals surface area contributed by atoms with Crippen molar-refractivity contribution >= 4 is 11.8 Å². The molecule has 2 aromatic heterocycles. The van der Waals surface area contributed by atoms with Gasteiger partial charge in [-0.2, -0.15) is 5.10 Å². The highest BCUT2D eigenvalue weighted by Crippen LogP contribution is 2.14. The molecule has 2 N–H and O–H groups in total. The van der Waals surface area contributed by atoms with Crippen LogP contribution in [0.25, 0.3) is 5.69 Å². The lowest BCUT2D eigenvalue weighted by molar-refractivity contribution is 0.0828. The number of rotatable bonds is 6. The van der Waals surface area contributed by atoms with E-state index in [2.05, 4.69) is 16.0 Å². The third-order valence-corrected chi connectivity index (χ3v) is 4.16. The summed E-state index contributed by atoms with van der Waals surface area (Å²) >= 11 is 0. The smallest absolute Gasteiger partial charge is 0.305 e. The van der Waals surface area contributed by atoms with Gasteiger partial charge in [-0.05, 0) is 36.4 Å². The van der Waals surface area contributed by atoms with Crippen molar-refractivity contribution in [2.24, 2.45) is 0 Å². The largest absolute Gasteiger partial charge is 0.486 e. The fourth-order valence-electron chi connectivity index (χ4n) is 2.66. The first-order chi connectivity index (χ1) is 14.7. The molecule has 150 valence electrons. The van der Waals surface area contributed by atoms with E-state index in [1.54, 1.807) is 16.9 Å². The summed E-state index contributed by atoms with van der Waals surface area (Å²) in [6.45, 7) is 0.183. The van der Waals surface area contributed by atoms with E-state index < -0.39 is 11.8 Å². The van der Waals surface area contributed by atoms with Gasteiger partial charge in [0.15, 0.2) is 5.76 Å². The predicted octanol–water partition coefficient (Wildman–Crippen LogP) is 3.12. The fraction of sp³-hybridized carbons (Fsp3) is 0.0455. The number of furan rings is 1. The van der Waals surface area contributed by atoms with Gasteiger partial charge in [-0.25, -0.2) is 4.68 Å². The molecule has 4 aromatic rings. The summed E-state index contributed by atoms with van der Waals surface area (Å²) in [5, 5.41) is 4.15. The van der Waals surface area contributed by atoms with Crippen LogP contribution in [0.3, 0.4) is 0 Å². The Bertz CT molecular complexity index is 1140. The van der Waals surface area contributed by atoms with Crippen LogP contribution in [0.5, 0.6) is 5.75 Å². The number of carbonyl (C=O) groups excluding carboxylic acids is 2. The zero-order chi connectivity index (χ0) is 20.8. The van der Waals surface area contributed by atoms with Gasteiger partial charge in [0, 0.05) is 6.20 Å². The summed E-state index contributed by atoms with van der Waals surface area (Å²) in [6.07, 6.45) is 2.99. The van der Waals surface area contributed by atoms with E-state index in [1.165, 1.54) is 12.3 Å². The second-order valence-electron chi connectivity index (χ2n) is 6.29. The fourth-order valence-corrected chi connectivity index (χ4v) is 2.66. The lowest BCUT2D eigenvalue weighted by Crippen LogP contribution is -2.41. The van der Waals surface area contributed by atoms with E-state index in [1.807, 2.05) is 60.7 Å². The van der Waals surface area contributed by atoms with Crippen LogP contribution in [-0.2, 0) is 6.61 Å². The van der Waals surface area contributed by atoms with Crippen LogP contribution in [0.4, 0.5) is 0 Å². The van der Waals surface area contributed by atoms with Gasteiger partial charge in [0.1, 0.15) is 18.1 Å². The molecule has 8 nitrogen and oxygen atoms in total. The maximum Gasteiger partial charge on any atom is 0.305 e. The van der Waals surface area contributed by atoms with Crippen LogP contribution in [-0.4, -0.2) is 21.6 Å². The Kier molecular flexibility index (Phi) is 5.56. The van der Waals surface area contributed by atoms with Gasteiger partial charge in [0.2, 0.25) is 0 Å². The number of nitrogens with zero attached hydrogens (tertiary/aromatic N) is 2. The first-order valence-corrected chi connectivity index (χ1v) is 9.16. The second-order valence-corrected chi connectivity index (χ2v) is 6.29. The van der Waals surface area contributed by atoms with E-state index >= 15 is 0 Å². The van der Waals surface area contributed by atoms with Crippen LogP contribution in [0.2, 0.25) is 0 Å². The van der Waals surface area contributed by atoms with Gasteiger partial charge in [0.25, 0.3) is 5.91 Å². The zero-order valence-electron chi connectivity index (χ0n) is 15.8. The number of nitrogens with one attached hydrogen (secondary N) is 2. The lowest BCUT2D eigenvalue weighted by Gasteiger charge is -2.05. The topological polar surface area (TPSA) is 98.4 Å². The minimum absolute atomic E-state index is 0.0574. The molecule has 0 unspecified atom stereocenters.